The summed E-state index contributed by atoms with van der Waals surface area (Å²) in [5.74, 6) is 0.868. The van der Waals surface area contributed by atoms with Crippen molar-refractivity contribution in [3.63, 3.8) is 0 Å². The Morgan fingerprint density at radius 1 is 1.14 bits per heavy atom. The predicted octanol–water partition coefficient (Wildman–Crippen LogP) is 5.60. The number of pyridine rings is 1. The van der Waals surface area contributed by atoms with Crippen molar-refractivity contribution in [3.05, 3.63) is 94.2 Å². The number of hydrogen-bond acceptors (Lipinski definition) is 6. The number of rotatable bonds is 7. The molecule has 0 atom stereocenters. The number of aromatic nitrogens is 3. The molecule has 178 valence electrons. The lowest BCUT2D eigenvalue weighted by Gasteiger charge is -2.25. The number of nitrogens with zero attached hydrogens (tertiary/aromatic N) is 4. The van der Waals surface area contributed by atoms with E-state index in [1.807, 2.05) is 18.2 Å². The first-order chi connectivity index (χ1) is 17.0. The van der Waals surface area contributed by atoms with Crippen LogP contribution in [-0.2, 0) is 13.2 Å². The Kier molecular flexibility index (Phi) is 6.86. The van der Waals surface area contributed by atoms with Crippen LogP contribution in [0.5, 0.6) is 5.88 Å². The van der Waals surface area contributed by atoms with E-state index in [1.165, 1.54) is 6.07 Å². The molecule has 5 rings (SSSR count). The maximum Gasteiger partial charge on any atom is 0.214 e. The molecule has 3 heterocycles. The number of carbonyl (C=O) groups excluding carboxylic acids is 1. The summed E-state index contributed by atoms with van der Waals surface area (Å²) in [5.41, 5.74) is 4.64. The van der Waals surface area contributed by atoms with Crippen molar-refractivity contribution in [1.29, 1.82) is 0 Å². The zero-order valence-corrected chi connectivity index (χ0v) is 20.3. The van der Waals surface area contributed by atoms with Crippen molar-refractivity contribution in [2.24, 2.45) is 0 Å². The number of fused-ring (bicyclic) bond motifs is 1. The normalized spacial score (nSPS) is 14.2. The minimum absolute atomic E-state index is 0.0748. The monoisotopic (exact) mass is 508 g/mol. The molecule has 0 N–H and O–H groups in total. The van der Waals surface area contributed by atoms with Gasteiger partial charge in [0.15, 0.2) is 0 Å². The van der Waals surface area contributed by atoms with Gasteiger partial charge in [-0.15, -0.1) is 0 Å². The summed E-state index contributed by atoms with van der Waals surface area (Å²) in [4.78, 5) is 22.6. The highest BCUT2D eigenvalue weighted by Crippen LogP contribution is 2.25. The predicted molar refractivity (Wildman–Crippen MR) is 137 cm³/mol. The first kappa shape index (κ1) is 23.5. The molecule has 1 aliphatic heterocycles. The molecule has 0 amide bonds. The number of carbonyl (C=O) groups is 1. The Hall–Kier alpha value is -3.20. The lowest BCUT2D eigenvalue weighted by atomic mass is 10.0. The van der Waals surface area contributed by atoms with Gasteiger partial charge in [0, 0.05) is 35.3 Å². The van der Waals surface area contributed by atoms with Crippen LogP contribution in [0.4, 0.5) is 4.39 Å². The lowest BCUT2D eigenvalue weighted by Crippen LogP contribution is -2.29. The summed E-state index contributed by atoms with van der Waals surface area (Å²) in [7, 11) is 0. The molecule has 9 heteroatoms. The zero-order valence-electron chi connectivity index (χ0n) is 18.7. The number of hydrogen-bond donors (Lipinski definition) is 1. The number of halogens is 2. The van der Waals surface area contributed by atoms with E-state index in [0.29, 0.717) is 28.6 Å². The van der Waals surface area contributed by atoms with E-state index in [2.05, 4.69) is 33.8 Å². The van der Waals surface area contributed by atoms with Crippen LogP contribution in [0.2, 0.25) is 5.02 Å². The van der Waals surface area contributed by atoms with Crippen LogP contribution in [0.1, 0.15) is 33.9 Å². The zero-order chi connectivity index (χ0) is 24.4. The molecule has 1 aliphatic rings. The second kappa shape index (κ2) is 10.2. The third-order valence-electron chi connectivity index (χ3n) is 5.96. The largest absolute Gasteiger partial charge is 0.473 e. The van der Waals surface area contributed by atoms with E-state index >= 15 is 0 Å². The third-order valence-corrected chi connectivity index (χ3v) is 6.64. The second-order valence-electron chi connectivity index (χ2n) is 8.31. The highest BCUT2D eigenvalue weighted by Gasteiger charge is 2.18. The Labute approximate surface area is 212 Å². The third kappa shape index (κ3) is 5.24. The van der Waals surface area contributed by atoms with E-state index in [-0.39, 0.29) is 6.61 Å². The molecule has 0 fully saturated rings. The van der Waals surface area contributed by atoms with Crippen LogP contribution in [0.3, 0.4) is 0 Å². The number of ether oxygens (including phenoxy) is 1. The molecule has 0 saturated heterocycles. The van der Waals surface area contributed by atoms with Gasteiger partial charge in [-0.1, -0.05) is 42.6 Å². The molecule has 35 heavy (non-hydrogen) atoms. The van der Waals surface area contributed by atoms with Crippen molar-refractivity contribution in [1.82, 2.24) is 18.8 Å². The quantitative estimate of drug-likeness (QED) is 0.260. The Morgan fingerprint density at radius 2 is 2.03 bits per heavy atom. The molecule has 2 aromatic carbocycles. The van der Waals surface area contributed by atoms with Crippen LogP contribution in [0, 0.1) is 5.82 Å². The van der Waals surface area contributed by atoms with E-state index in [1.54, 1.807) is 34.3 Å². The van der Waals surface area contributed by atoms with Gasteiger partial charge in [-0.2, -0.15) is 0 Å². The van der Waals surface area contributed by atoms with Gasteiger partial charge in [0.25, 0.3) is 0 Å². The van der Waals surface area contributed by atoms with Crippen LogP contribution < -0.4 is 4.74 Å². The van der Waals surface area contributed by atoms with E-state index in [9.17, 15) is 9.18 Å². The molecule has 0 spiro atoms. The molecule has 0 bridgehead atoms. The van der Waals surface area contributed by atoms with Crippen molar-refractivity contribution < 1.29 is 13.9 Å². The van der Waals surface area contributed by atoms with Crippen LogP contribution in [0.25, 0.3) is 16.6 Å². The summed E-state index contributed by atoms with van der Waals surface area (Å²) >= 11 is 10.4. The first-order valence-electron chi connectivity index (χ1n) is 11.1. The molecule has 0 radical (unpaired) electrons. The molecule has 6 nitrogen and oxygen atoms in total. The number of imidazole rings is 1. The highest BCUT2D eigenvalue weighted by atomic mass is 35.5. The van der Waals surface area contributed by atoms with Crippen LogP contribution in [-0.4, -0.2) is 38.2 Å². The minimum atomic E-state index is -0.400. The second-order valence-corrected chi connectivity index (χ2v) is 9.14. The van der Waals surface area contributed by atoms with E-state index < -0.39 is 5.82 Å². The van der Waals surface area contributed by atoms with Crippen molar-refractivity contribution in [2.75, 3.05) is 13.1 Å². The smallest absolute Gasteiger partial charge is 0.214 e. The molecular formula is C26H22ClFN4O2S. The number of thiol groups is 1. The summed E-state index contributed by atoms with van der Waals surface area (Å²) in [6, 6.07) is 15.5. The van der Waals surface area contributed by atoms with Gasteiger partial charge in [-0.05, 0) is 48.4 Å². The van der Waals surface area contributed by atoms with Gasteiger partial charge in [-0.25, -0.2) is 14.4 Å². The molecule has 0 unspecified atom stereocenters. The molecule has 2 aromatic heterocycles. The summed E-state index contributed by atoms with van der Waals surface area (Å²) in [6.45, 7) is 2.30. The van der Waals surface area contributed by atoms with Crippen molar-refractivity contribution in [3.8, 4) is 5.88 Å². The van der Waals surface area contributed by atoms with Crippen molar-refractivity contribution >= 4 is 47.3 Å². The molecule has 0 saturated carbocycles. The maximum absolute atomic E-state index is 14.0. The standard InChI is InChI=1S/C26H22ClFN4O2S/c27-20-6-5-19(21(28)13-20)16-34-26-3-1-2-22(30-26)18-8-10-31(11-9-18)14-25-29-23-12-17(15-33)4-7-24(23)32(25)35/h1-8,12-13,15,35H,9-11,14,16H2. The van der Waals surface area contributed by atoms with Crippen LogP contribution >= 0.6 is 24.4 Å². The van der Waals surface area contributed by atoms with Gasteiger partial charge in [0.05, 0.1) is 23.3 Å². The fraction of sp³-hybridized carbons (Fsp3) is 0.192. The molecular weight excluding hydrogens is 487 g/mol. The fourth-order valence-corrected chi connectivity index (χ4v) is 4.50. The highest BCUT2D eigenvalue weighted by molar-refractivity contribution is 7.78. The first-order valence-corrected chi connectivity index (χ1v) is 11.9. The van der Waals surface area contributed by atoms with Gasteiger partial charge in [-0.3, -0.25) is 13.7 Å². The Bertz CT molecular complexity index is 1440. The van der Waals surface area contributed by atoms with E-state index in [0.717, 1.165) is 53.9 Å². The summed E-state index contributed by atoms with van der Waals surface area (Å²) < 4.78 is 21.5. The number of aldehydes is 1. The van der Waals surface area contributed by atoms with E-state index in [4.69, 9.17) is 16.3 Å². The summed E-state index contributed by atoms with van der Waals surface area (Å²) in [6.07, 6.45) is 3.80. The average Bonchev–Trinajstić information content (AvgIpc) is 3.18. The SMILES string of the molecule is O=Cc1ccc2c(c1)nc(CN1CC=C(c3cccc(OCc4ccc(Cl)cc4F)n3)CC1)n2S. The topological polar surface area (TPSA) is 60.3 Å². The molecule has 0 aliphatic carbocycles. The van der Waals surface area contributed by atoms with Gasteiger partial charge < -0.3 is 4.74 Å². The molecule has 4 aromatic rings. The van der Waals surface area contributed by atoms with Crippen molar-refractivity contribution in [2.45, 2.75) is 19.6 Å². The van der Waals surface area contributed by atoms with Gasteiger partial charge in [0.1, 0.15) is 24.5 Å². The maximum atomic E-state index is 14.0. The van der Waals surface area contributed by atoms with Gasteiger partial charge >= 0.3 is 0 Å². The Morgan fingerprint density at radius 3 is 2.80 bits per heavy atom. The van der Waals surface area contributed by atoms with Crippen LogP contribution in [0.15, 0.2) is 60.7 Å². The summed E-state index contributed by atoms with van der Waals surface area (Å²) in [5, 5.41) is 0.350. The Balaban J connectivity index is 1.24. The average molecular weight is 509 g/mol. The number of benzene rings is 2. The van der Waals surface area contributed by atoms with Gasteiger partial charge in [0.2, 0.25) is 5.88 Å². The fourth-order valence-electron chi connectivity index (χ4n) is 4.06. The lowest BCUT2D eigenvalue weighted by molar-refractivity contribution is 0.112. The minimum Gasteiger partial charge on any atom is -0.473 e.